The number of carbonyl (C=O) groups excluding carboxylic acids is 4. The summed E-state index contributed by atoms with van der Waals surface area (Å²) in [4.78, 5) is 49.5. The second-order valence-corrected chi connectivity index (χ2v) is 12.0. The van der Waals surface area contributed by atoms with Crippen molar-refractivity contribution in [1.82, 2.24) is 10.2 Å². The molecule has 25 heavy (non-hydrogen) atoms. The summed E-state index contributed by atoms with van der Waals surface area (Å²) in [6.07, 6.45) is 0.259. The fourth-order valence-electron chi connectivity index (χ4n) is 2.81. The molecule has 0 aliphatic carbocycles. The van der Waals surface area contributed by atoms with Gasteiger partial charge in [0.15, 0.2) is 0 Å². The highest BCUT2D eigenvalue weighted by Gasteiger charge is 2.44. The van der Waals surface area contributed by atoms with Gasteiger partial charge in [0, 0.05) is 12.0 Å². The predicted octanol–water partition coefficient (Wildman–Crippen LogP) is 1.32. The molecule has 0 bridgehead atoms. The molecule has 2 heterocycles. The highest BCUT2D eigenvalue weighted by atomic mass is 28.3. The van der Waals surface area contributed by atoms with Crippen molar-refractivity contribution < 1.29 is 19.2 Å². The van der Waals surface area contributed by atoms with Crippen LogP contribution in [-0.4, -0.2) is 42.6 Å². The number of carbonyl (C=O) groups is 4. The Balaban J connectivity index is 1.93. The second-order valence-electron chi connectivity index (χ2n) is 7.21. The summed E-state index contributed by atoms with van der Waals surface area (Å²) in [7, 11) is -1.56. The molecule has 0 radical (unpaired) electrons. The highest BCUT2D eigenvalue weighted by molar-refractivity contribution is 6.83. The molecule has 3 rings (SSSR count). The number of benzene rings is 1. The van der Waals surface area contributed by atoms with Gasteiger partial charge in [-0.25, -0.2) is 0 Å². The number of hydrogen-bond donors (Lipinski definition) is 1. The van der Waals surface area contributed by atoms with Crippen LogP contribution in [0.15, 0.2) is 18.2 Å². The number of piperidine rings is 1. The van der Waals surface area contributed by atoms with Crippen LogP contribution in [0, 0.1) is 11.5 Å². The number of hydrogen-bond acceptors (Lipinski definition) is 4. The molecule has 1 atom stereocenters. The van der Waals surface area contributed by atoms with Crippen LogP contribution in [0.2, 0.25) is 19.6 Å². The summed E-state index contributed by atoms with van der Waals surface area (Å²) in [5.41, 5.74) is 4.43. The minimum atomic E-state index is -1.56. The average molecular weight is 354 g/mol. The van der Waals surface area contributed by atoms with Crippen molar-refractivity contribution in [2.45, 2.75) is 38.5 Å². The van der Waals surface area contributed by atoms with E-state index in [1.807, 2.05) is 0 Å². The molecule has 1 saturated heterocycles. The zero-order valence-electron chi connectivity index (χ0n) is 14.3. The molecular weight excluding hydrogens is 336 g/mol. The molecule has 128 valence electrons. The monoisotopic (exact) mass is 354 g/mol. The van der Waals surface area contributed by atoms with Crippen LogP contribution in [0.4, 0.5) is 0 Å². The van der Waals surface area contributed by atoms with Crippen LogP contribution in [0.3, 0.4) is 0 Å². The van der Waals surface area contributed by atoms with Crippen molar-refractivity contribution in [3.8, 4) is 11.5 Å². The maximum Gasteiger partial charge on any atom is 0.262 e. The number of imide groups is 2. The summed E-state index contributed by atoms with van der Waals surface area (Å²) < 4.78 is 0. The zero-order chi connectivity index (χ0) is 18.4. The molecule has 7 heteroatoms. The molecule has 1 unspecified atom stereocenters. The first-order valence-corrected chi connectivity index (χ1v) is 11.6. The fraction of sp³-hybridized carbons (Fsp3) is 0.333. The van der Waals surface area contributed by atoms with Gasteiger partial charge in [-0.1, -0.05) is 25.6 Å². The number of nitrogens with one attached hydrogen (secondary N) is 1. The van der Waals surface area contributed by atoms with E-state index in [1.165, 1.54) is 0 Å². The van der Waals surface area contributed by atoms with Gasteiger partial charge in [0.2, 0.25) is 11.8 Å². The quantitative estimate of drug-likeness (QED) is 0.468. The zero-order valence-corrected chi connectivity index (χ0v) is 15.3. The van der Waals surface area contributed by atoms with Crippen molar-refractivity contribution in [2.24, 2.45) is 0 Å². The third-order valence-corrected chi connectivity index (χ3v) is 4.90. The summed E-state index contributed by atoms with van der Waals surface area (Å²) in [5, 5.41) is 2.18. The molecular formula is C18H18N2O4Si. The van der Waals surface area contributed by atoms with Crippen LogP contribution in [-0.2, 0) is 9.59 Å². The Morgan fingerprint density at radius 2 is 1.76 bits per heavy atom. The number of nitrogens with zero attached hydrogens (tertiary/aromatic N) is 1. The molecule has 0 spiro atoms. The average Bonchev–Trinajstić information content (AvgIpc) is 2.77. The Bertz CT molecular complexity index is 873. The maximum absolute atomic E-state index is 12.7. The molecule has 1 N–H and O–H groups in total. The second kappa shape index (κ2) is 5.97. The summed E-state index contributed by atoms with van der Waals surface area (Å²) in [6, 6.07) is 3.96. The van der Waals surface area contributed by atoms with Crippen LogP contribution in [0.25, 0.3) is 0 Å². The van der Waals surface area contributed by atoms with E-state index in [4.69, 9.17) is 0 Å². The first-order chi connectivity index (χ1) is 11.7. The summed E-state index contributed by atoms with van der Waals surface area (Å²) in [6.45, 7) is 6.35. The van der Waals surface area contributed by atoms with E-state index in [2.05, 4.69) is 36.4 Å². The standard InChI is InChI=1S/C18H18N2O4Si/c1-25(2,3)9-8-11-4-5-12-13(10-11)18(24)20(17(12)23)14-6-7-15(21)19-16(14)22/h4-5,10,14H,6-7H2,1-3H3,(H,19,21,22). The van der Waals surface area contributed by atoms with Gasteiger partial charge in [-0.2, -0.15) is 0 Å². The molecule has 0 saturated carbocycles. The highest BCUT2D eigenvalue weighted by Crippen LogP contribution is 2.28. The van der Waals surface area contributed by atoms with Gasteiger partial charge < -0.3 is 0 Å². The SMILES string of the molecule is C[Si](C)(C)C#Cc1ccc2c(c1)C(=O)N(C1CCC(=O)NC1=O)C2=O. The van der Waals surface area contributed by atoms with Gasteiger partial charge in [-0.15, -0.1) is 5.54 Å². The van der Waals surface area contributed by atoms with Crippen LogP contribution >= 0.6 is 0 Å². The topological polar surface area (TPSA) is 83.6 Å². The Morgan fingerprint density at radius 3 is 2.40 bits per heavy atom. The van der Waals surface area contributed by atoms with E-state index >= 15 is 0 Å². The van der Waals surface area contributed by atoms with Gasteiger partial charge in [-0.05, 0) is 24.6 Å². The molecule has 0 aromatic heterocycles. The van der Waals surface area contributed by atoms with Crippen LogP contribution in [0.1, 0.15) is 39.1 Å². The van der Waals surface area contributed by atoms with Gasteiger partial charge in [0.1, 0.15) is 14.1 Å². The van der Waals surface area contributed by atoms with Crippen molar-refractivity contribution in [1.29, 1.82) is 0 Å². The molecule has 2 aliphatic heterocycles. The summed E-state index contributed by atoms with van der Waals surface area (Å²) in [5.74, 6) is 1.06. The fourth-order valence-corrected chi connectivity index (χ4v) is 3.33. The third-order valence-electron chi connectivity index (χ3n) is 4.02. The minimum Gasteiger partial charge on any atom is -0.295 e. The number of rotatable bonds is 1. The Labute approximate surface area is 146 Å². The maximum atomic E-state index is 12.7. The lowest BCUT2D eigenvalue weighted by molar-refractivity contribution is -0.136. The van der Waals surface area contributed by atoms with E-state index in [1.54, 1.807) is 18.2 Å². The smallest absolute Gasteiger partial charge is 0.262 e. The van der Waals surface area contributed by atoms with Gasteiger partial charge in [-0.3, -0.25) is 29.4 Å². The number of amides is 4. The van der Waals surface area contributed by atoms with Gasteiger partial charge >= 0.3 is 0 Å². The Hall–Kier alpha value is -2.72. The Morgan fingerprint density at radius 1 is 1.08 bits per heavy atom. The van der Waals surface area contributed by atoms with Crippen molar-refractivity contribution in [2.75, 3.05) is 0 Å². The normalized spacial score (nSPS) is 20.1. The Kier molecular flexibility index (Phi) is 4.09. The van der Waals surface area contributed by atoms with E-state index in [-0.39, 0.29) is 29.9 Å². The van der Waals surface area contributed by atoms with E-state index in [0.717, 1.165) is 4.90 Å². The molecule has 2 aliphatic rings. The lowest BCUT2D eigenvalue weighted by Gasteiger charge is -2.27. The first kappa shape index (κ1) is 17.1. The van der Waals surface area contributed by atoms with Crippen LogP contribution < -0.4 is 5.32 Å². The predicted molar refractivity (Wildman–Crippen MR) is 93.3 cm³/mol. The minimum absolute atomic E-state index is 0.108. The van der Waals surface area contributed by atoms with Crippen molar-refractivity contribution >= 4 is 31.7 Å². The lowest BCUT2D eigenvalue weighted by Crippen LogP contribution is -2.54. The number of fused-ring (bicyclic) bond motifs is 1. The summed E-state index contributed by atoms with van der Waals surface area (Å²) >= 11 is 0. The molecule has 1 fully saturated rings. The molecule has 4 amide bonds. The molecule has 6 nitrogen and oxygen atoms in total. The first-order valence-electron chi connectivity index (χ1n) is 8.06. The molecule has 1 aromatic carbocycles. The largest absolute Gasteiger partial charge is 0.295 e. The van der Waals surface area contributed by atoms with Crippen molar-refractivity contribution in [3.05, 3.63) is 34.9 Å². The van der Waals surface area contributed by atoms with Gasteiger partial charge in [0.25, 0.3) is 11.8 Å². The van der Waals surface area contributed by atoms with Gasteiger partial charge in [0.05, 0.1) is 11.1 Å². The van der Waals surface area contributed by atoms with Crippen molar-refractivity contribution in [3.63, 3.8) is 0 Å². The van der Waals surface area contributed by atoms with E-state index in [9.17, 15) is 19.2 Å². The lowest BCUT2D eigenvalue weighted by atomic mass is 10.0. The third kappa shape index (κ3) is 3.26. The molecule has 1 aromatic rings. The van der Waals surface area contributed by atoms with Crippen LogP contribution in [0.5, 0.6) is 0 Å². The van der Waals surface area contributed by atoms with E-state index < -0.39 is 31.8 Å². The van der Waals surface area contributed by atoms with E-state index in [0.29, 0.717) is 5.56 Å².